The van der Waals surface area contributed by atoms with Crippen LogP contribution in [0.1, 0.15) is 0 Å². The highest BCUT2D eigenvalue weighted by molar-refractivity contribution is 6.15. The maximum atomic E-state index is 5.13. The molecule has 0 radical (unpaired) electrons. The van der Waals surface area contributed by atoms with Crippen molar-refractivity contribution in [1.82, 2.24) is 27.7 Å². The van der Waals surface area contributed by atoms with E-state index in [9.17, 15) is 0 Å². The smallest absolute Gasteiger partial charge is 0.223 e. The third-order valence-electron chi connectivity index (χ3n) is 9.28. The Morgan fingerprint density at radius 2 is 0.977 bits per heavy atom. The Morgan fingerprint density at radius 3 is 1.66 bits per heavy atom. The number of aromatic nitrogens is 6. The largest absolute Gasteiger partial charge is 0.309 e. The highest BCUT2D eigenvalue weighted by atomic mass is 15.3. The molecule has 0 saturated heterocycles. The lowest BCUT2D eigenvalue weighted by Gasteiger charge is -2.12. The normalized spacial score (nSPS) is 12.5. The minimum atomic E-state index is 0.880. The summed E-state index contributed by atoms with van der Waals surface area (Å²) in [7, 11) is 0. The zero-order chi connectivity index (χ0) is 28.5. The van der Waals surface area contributed by atoms with Crippen molar-refractivity contribution in [3.05, 3.63) is 133 Å². The Balaban J connectivity index is 1.37. The first-order valence-electron chi connectivity index (χ1n) is 14.9. The van der Waals surface area contributed by atoms with Crippen LogP contribution in [0.15, 0.2) is 133 Å². The van der Waals surface area contributed by atoms with Gasteiger partial charge in [0.15, 0.2) is 0 Å². The van der Waals surface area contributed by atoms with Gasteiger partial charge in [-0.1, -0.05) is 78.9 Å². The number of imidazole rings is 4. The van der Waals surface area contributed by atoms with Crippen LogP contribution in [-0.4, -0.2) is 27.7 Å². The molecule has 0 aliphatic rings. The molecule has 0 amide bonds. The third-order valence-corrected chi connectivity index (χ3v) is 9.28. The zero-order valence-electron chi connectivity index (χ0n) is 23.4. The van der Waals surface area contributed by atoms with Crippen molar-refractivity contribution in [3.8, 4) is 16.8 Å². The number of rotatable bonds is 2. The summed E-state index contributed by atoms with van der Waals surface area (Å²) in [6.07, 6.45) is 0. The van der Waals surface area contributed by atoms with Crippen LogP contribution in [0.2, 0.25) is 0 Å². The maximum absolute atomic E-state index is 5.13. The second kappa shape index (κ2) is 7.82. The number of para-hydroxylation sites is 7. The number of hydrogen-bond donors (Lipinski definition) is 0. The van der Waals surface area contributed by atoms with Gasteiger partial charge >= 0.3 is 0 Å². The Kier molecular flexibility index (Phi) is 3.99. The van der Waals surface area contributed by atoms with Gasteiger partial charge in [0.05, 0.1) is 44.1 Å². The molecular formula is C38H22N6. The number of fused-ring (bicyclic) bond motifs is 13. The fourth-order valence-electron chi connectivity index (χ4n) is 7.52. The van der Waals surface area contributed by atoms with Crippen LogP contribution in [0.3, 0.4) is 0 Å². The van der Waals surface area contributed by atoms with Gasteiger partial charge in [0.2, 0.25) is 11.6 Å². The third kappa shape index (κ3) is 2.62. The molecule has 0 unspecified atom stereocenters. The molecule has 44 heavy (non-hydrogen) atoms. The molecule has 11 aromatic rings. The van der Waals surface area contributed by atoms with Crippen LogP contribution in [-0.2, 0) is 0 Å². The second-order valence-electron chi connectivity index (χ2n) is 11.6. The van der Waals surface area contributed by atoms with Crippen molar-refractivity contribution in [1.29, 1.82) is 0 Å². The van der Waals surface area contributed by atoms with Crippen LogP contribution in [0.4, 0.5) is 0 Å². The van der Waals surface area contributed by atoms with Gasteiger partial charge in [-0.2, -0.15) is 0 Å². The number of nitrogens with zero attached hydrogens (tertiary/aromatic N) is 6. The van der Waals surface area contributed by atoms with Crippen molar-refractivity contribution >= 4 is 72.0 Å². The summed E-state index contributed by atoms with van der Waals surface area (Å²) in [5.41, 5.74) is 13.4. The summed E-state index contributed by atoms with van der Waals surface area (Å²) in [4.78, 5) is 10.3. The van der Waals surface area contributed by atoms with Gasteiger partial charge in [-0.3, -0.25) is 8.80 Å². The van der Waals surface area contributed by atoms with E-state index in [1.165, 1.54) is 27.4 Å². The SMILES string of the molecule is c1ccc(-n2c3ccccc3c3cccc(-c4cc5c6c(c4)n4c7ccccc7nc4n6c4nc6ccccc6n54)c32)cc1. The average Bonchev–Trinajstić information content (AvgIpc) is 3.86. The molecule has 5 heterocycles. The molecule has 6 nitrogen and oxygen atoms in total. The summed E-state index contributed by atoms with van der Waals surface area (Å²) in [5.74, 6) is 1.76. The van der Waals surface area contributed by atoms with Gasteiger partial charge < -0.3 is 4.57 Å². The second-order valence-corrected chi connectivity index (χ2v) is 11.6. The number of hydrogen-bond acceptors (Lipinski definition) is 2. The quantitative estimate of drug-likeness (QED) is 0.211. The van der Waals surface area contributed by atoms with E-state index in [0.29, 0.717) is 0 Å². The van der Waals surface area contributed by atoms with E-state index in [0.717, 1.165) is 61.4 Å². The fraction of sp³-hybridized carbons (Fsp3) is 0. The summed E-state index contributed by atoms with van der Waals surface area (Å²) in [6.45, 7) is 0. The molecule has 0 bridgehead atoms. The molecule has 0 atom stereocenters. The Bertz CT molecular complexity index is 2820. The lowest BCUT2D eigenvalue weighted by atomic mass is 10.0. The summed E-state index contributed by atoms with van der Waals surface area (Å²) < 4.78 is 9.24. The van der Waals surface area contributed by atoms with Crippen molar-refractivity contribution in [2.75, 3.05) is 0 Å². The van der Waals surface area contributed by atoms with E-state index in [4.69, 9.17) is 9.97 Å². The standard InChI is InChI=1S/C38H22N6/c1-2-11-24(12-3-1)41-30-18-7-4-13-26(30)27-15-10-14-25(35(27)41)23-21-33-36-34(22-23)43-32-20-9-6-17-29(32)40-38(43)44(36)37-39-28-16-5-8-19-31(28)42(33)37/h1-22H. The zero-order valence-corrected chi connectivity index (χ0v) is 23.4. The predicted octanol–water partition coefficient (Wildman–Crippen LogP) is 8.90. The van der Waals surface area contributed by atoms with E-state index in [-0.39, 0.29) is 0 Å². The van der Waals surface area contributed by atoms with E-state index >= 15 is 0 Å². The van der Waals surface area contributed by atoms with Crippen molar-refractivity contribution in [3.63, 3.8) is 0 Å². The molecular weight excluding hydrogens is 540 g/mol. The van der Waals surface area contributed by atoms with Gasteiger partial charge in [0.25, 0.3) is 0 Å². The van der Waals surface area contributed by atoms with Crippen molar-refractivity contribution < 1.29 is 0 Å². The molecule has 5 aromatic heterocycles. The molecule has 0 aliphatic heterocycles. The lowest BCUT2D eigenvalue weighted by molar-refractivity contribution is 1.15. The van der Waals surface area contributed by atoms with Crippen LogP contribution >= 0.6 is 0 Å². The van der Waals surface area contributed by atoms with Crippen LogP contribution in [0, 0.1) is 0 Å². The van der Waals surface area contributed by atoms with Gasteiger partial charge in [0.1, 0.15) is 5.52 Å². The first-order valence-corrected chi connectivity index (χ1v) is 14.9. The molecule has 0 fully saturated rings. The Hall–Kier alpha value is -6.14. The summed E-state index contributed by atoms with van der Waals surface area (Å²) >= 11 is 0. The van der Waals surface area contributed by atoms with Gasteiger partial charge in [0, 0.05) is 22.0 Å². The topological polar surface area (TPSA) is 43.9 Å². The average molecular weight is 563 g/mol. The summed E-state index contributed by atoms with van der Waals surface area (Å²) in [6, 6.07) is 47.5. The predicted molar refractivity (Wildman–Crippen MR) is 178 cm³/mol. The Morgan fingerprint density at radius 1 is 0.409 bits per heavy atom. The minimum absolute atomic E-state index is 0.880. The molecule has 11 rings (SSSR count). The fourth-order valence-corrected chi connectivity index (χ4v) is 7.52. The first kappa shape index (κ1) is 22.5. The van der Waals surface area contributed by atoms with E-state index in [1.54, 1.807) is 0 Å². The van der Waals surface area contributed by atoms with Gasteiger partial charge in [-0.15, -0.1) is 0 Å². The minimum Gasteiger partial charge on any atom is -0.309 e. The molecule has 0 spiro atoms. The molecule has 0 saturated carbocycles. The van der Waals surface area contributed by atoms with Crippen LogP contribution in [0.25, 0.3) is 88.8 Å². The van der Waals surface area contributed by atoms with E-state index < -0.39 is 0 Å². The van der Waals surface area contributed by atoms with Gasteiger partial charge in [-0.25, -0.2) is 14.4 Å². The molecule has 6 aromatic carbocycles. The van der Waals surface area contributed by atoms with Crippen LogP contribution in [0.5, 0.6) is 0 Å². The highest BCUT2D eigenvalue weighted by Crippen LogP contribution is 2.42. The molecule has 0 aliphatic carbocycles. The van der Waals surface area contributed by atoms with E-state index in [2.05, 4.69) is 151 Å². The Labute approximate surface area is 249 Å². The van der Waals surface area contributed by atoms with E-state index in [1.807, 2.05) is 0 Å². The molecule has 0 N–H and O–H groups in total. The van der Waals surface area contributed by atoms with Crippen molar-refractivity contribution in [2.45, 2.75) is 0 Å². The highest BCUT2D eigenvalue weighted by Gasteiger charge is 2.25. The monoisotopic (exact) mass is 562 g/mol. The van der Waals surface area contributed by atoms with Gasteiger partial charge in [-0.05, 0) is 60.2 Å². The molecule has 6 heteroatoms. The van der Waals surface area contributed by atoms with Crippen molar-refractivity contribution in [2.24, 2.45) is 0 Å². The lowest BCUT2D eigenvalue weighted by Crippen LogP contribution is -1.95. The maximum Gasteiger partial charge on any atom is 0.223 e. The molecule has 204 valence electrons. The number of benzene rings is 6. The van der Waals surface area contributed by atoms with Crippen LogP contribution < -0.4 is 0 Å². The summed E-state index contributed by atoms with van der Waals surface area (Å²) in [5, 5.41) is 2.49. The first-order chi connectivity index (χ1) is 21.8.